The Hall–Kier alpha value is 0.104. The second kappa shape index (κ2) is 4.10. The molecular formula is C4H7Ni-. The summed E-state index contributed by atoms with van der Waals surface area (Å²) in [6.45, 7) is 8.75. The summed E-state index contributed by atoms with van der Waals surface area (Å²) >= 11 is 0. The summed E-state index contributed by atoms with van der Waals surface area (Å²) in [5.74, 6) is 0. The van der Waals surface area contributed by atoms with Crippen molar-refractivity contribution in [2.24, 2.45) is 0 Å². The molecule has 0 spiro atoms. The van der Waals surface area contributed by atoms with Crippen LogP contribution in [0.1, 0.15) is 6.92 Å². The minimum Gasteiger partial charge on any atom is -0.242 e. The van der Waals surface area contributed by atoms with E-state index in [0.29, 0.717) is 0 Å². The van der Waals surface area contributed by atoms with Gasteiger partial charge in [-0.25, -0.2) is 19.1 Å². The van der Waals surface area contributed by atoms with Gasteiger partial charge in [0.05, 0.1) is 0 Å². The van der Waals surface area contributed by atoms with Gasteiger partial charge in [0.1, 0.15) is 0 Å². The molecule has 0 aromatic rings. The van der Waals surface area contributed by atoms with Crippen molar-refractivity contribution in [1.29, 1.82) is 0 Å². The van der Waals surface area contributed by atoms with Crippen molar-refractivity contribution in [2.45, 2.75) is 6.92 Å². The maximum atomic E-state index is 3.44. The van der Waals surface area contributed by atoms with Gasteiger partial charge in [-0.05, 0) is 0 Å². The standard InChI is InChI=1S/C4H7.Ni/c1-4(2)3;/h1-2H2,3H3;/q-1;. The van der Waals surface area contributed by atoms with E-state index in [0.717, 1.165) is 5.57 Å². The molecule has 0 amide bonds. The van der Waals surface area contributed by atoms with Crippen LogP contribution in [-0.4, -0.2) is 0 Å². The van der Waals surface area contributed by atoms with Crippen LogP contribution in [0.2, 0.25) is 0 Å². The van der Waals surface area contributed by atoms with E-state index >= 15 is 0 Å². The van der Waals surface area contributed by atoms with Gasteiger partial charge in [0, 0.05) is 16.5 Å². The summed E-state index contributed by atoms with van der Waals surface area (Å²) in [5.41, 5.74) is 0.917. The molecule has 34 valence electrons. The van der Waals surface area contributed by atoms with E-state index in [9.17, 15) is 0 Å². The Bertz CT molecular complexity index is 26.6. The maximum absolute atomic E-state index is 3.44. The van der Waals surface area contributed by atoms with Crippen molar-refractivity contribution in [2.75, 3.05) is 0 Å². The fraction of sp³-hybridized carbons (Fsp3) is 0.250. The third kappa shape index (κ3) is 1690. The summed E-state index contributed by atoms with van der Waals surface area (Å²) < 4.78 is 0. The van der Waals surface area contributed by atoms with Crippen LogP contribution in [-0.2, 0) is 16.5 Å². The van der Waals surface area contributed by atoms with Crippen molar-refractivity contribution in [3.63, 3.8) is 0 Å². The molecule has 0 aromatic heterocycles. The van der Waals surface area contributed by atoms with E-state index in [1.54, 1.807) is 0 Å². The Morgan fingerprint density at radius 3 is 1.80 bits per heavy atom. The number of hydrogen-bond acceptors (Lipinski definition) is 0. The fourth-order valence-corrected chi connectivity index (χ4v) is 0. The van der Waals surface area contributed by atoms with Gasteiger partial charge >= 0.3 is 0 Å². The largest absolute Gasteiger partial charge is 0.242 e. The zero-order valence-corrected chi connectivity index (χ0v) is 4.22. The molecule has 1 heteroatoms. The van der Waals surface area contributed by atoms with Crippen LogP contribution >= 0.6 is 0 Å². The van der Waals surface area contributed by atoms with E-state index in [-0.39, 0.29) is 16.5 Å². The van der Waals surface area contributed by atoms with Gasteiger partial charge in [-0.2, -0.15) is 0 Å². The molecule has 0 saturated carbocycles. The van der Waals surface area contributed by atoms with E-state index in [2.05, 4.69) is 13.5 Å². The quantitative estimate of drug-likeness (QED) is 0.329. The Morgan fingerprint density at radius 1 is 1.80 bits per heavy atom. The van der Waals surface area contributed by atoms with Gasteiger partial charge in [0.25, 0.3) is 0 Å². The van der Waals surface area contributed by atoms with Crippen molar-refractivity contribution in [1.82, 2.24) is 0 Å². The summed E-state index contributed by atoms with van der Waals surface area (Å²) in [4.78, 5) is 0. The van der Waals surface area contributed by atoms with Crippen LogP contribution in [0.4, 0.5) is 0 Å². The normalized spacial score (nSPS) is 5.00. The maximum Gasteiger partial charge on any atom is 0 e. The molecule has 0 heterocycles. The summed E-state index contributed by atoms with van der Waals surface area (Å²) in [6, 6.07) is 0. The van der Waals surface area contributed by atoms with Gasteiger partial charge in [-0.3, -0.25) is 0 Å². The molecule has 0 aliphatic heterocycles. The van der Waals surface area contributed by atoms with Gasteiger partial charge in [0.2, 0.25) is 0 Å². The summed E-state index contributed by atoms with van der Waals surface area (Å²) in [5, 5.41) is 0. The van der Waals surface area contributed by atoms with Crippen molar-refractivity contribution >= 4 is 0 Å². The molecule has 0 fully saturated rings. The smallest absolute Gasteiger partial charge is 0 e. The Balaban J connectivity index is 0. The van der Waals surface area contributed by atoms with E-state index in [1.165, 1.54) is 0 Å². The molecule has 0 unspecified atom stereocenters. The molecule has 0 aromatic carbocycles. The zero-order valence-electron chi connectivity index (χ0n) is 3.23. The SMILES string of the molecule is C=C([CH2-])C.[Ni]. The summed E-state index contributed by atoms with van der Waals surface area (Å²) in [6.07, 6.45) is 0. The molecule has 0 saturated heterocycles. The fourth-order valence-electron chi connectivity index (χ4n) is 0. The Morgan fingerprint density at radius 2 is 1.80 bits per heavy atom. The van der Waals surface area contributed by atoms with Crippen LogP contribution in [0.3, 0.4) is 0 Å². The third-order valence-electron chi connectivity index (χ3n) is 0. The van der Waals surface area contributed by atoms with Gasteiger partial charge in [-0.1, -0.05) is 6.92 Å². The first-order valence-corrected chi connectivity index (χ1v) is 1.21. The van der Waals surface area contributed by atoms with Gasteiger partial charge < -0.3 is 0 Å². The molecule has 0 N–H and O–H groups in total. The van der Waals surface area contributed by atoms with E-state index in [4.69, 9.17) is 0 Å². The molecular weight excluding hydrogens is 107 g/mol. The molecule has 0 nitrogen and oxygen atoms in total. The average molecular weight is 114 g/mol. The second-order valence-corrected chi connectivity index (χ2v) is 0.957. The number of hydrogen-bond donors (Lipinski definition) is 0. The summed E-state index contributed by atoms with van der Waals surface area (Å²) in [7, 11) is 0. The minimum absolute atomic E-state index is 0. The first-order valence-electron chi connectivity index (χ1n) is 1.21. The van der Waals surface area contributed by atoms with Crippen LogP contribution in [0.5, 0.6) is 0 Å². The van der Waals surface area contributed by atoms with Gasteiger partial charge in [-0.15, -0.1) is 0 Å². The first kappa shape index (κ1) is 8.92. The Kier molecular flexibility index (Phi) is 7.32. The molecule has 5 heavy (non-hydrogen) atoms. The zero-order chi connectivity index (χ0) is 3.58. The average Bonchev–Trinajstić information content (AvgIpc) is 0.811. The van der Waals surface area contributed by atoms with Crippen LogP contribution < -0.4 is 0 Å². The molecule has 0 atom stereocenters. The topological polar surface area (TPSA) is 0 Å². The predicted octanol–water partition coefficient (Wildman–Crippen LogP) is 1.39. The predicted molar refractivity (Wildman–Crippen MR) is 20.2 cm³/mol. The van der Waals surface area contributed by atoms with Crippen LogP contribution in [0, 0.1) is 6.92 Å². The van der Waals surface area contributed by atoms with Crippen LogP contribution in [0.25, 0.3) is 0 Å². The monoisotopic (exact) mass is 113 g/mol. The number of allylic oxidation sites excluding steroid dienone is 1. The first-order chi connectivity index (χ1) is 1.73. The van der Waals surface area contributed by atoms with Crippen molar-refractivity contribution < 1.29 is 16.5 Å². The van der Waals surface area contributed by atoms with Crippen molar-refractivity contribution in [3.8, 4) is 0 Å². The molecule has 0 rings (SSSR count). The minimum atomic E-state index is 0. The molecule has 0 bridgehead atoms. The van der Waals surface area contributed by atoms with E-state index < -0.39 is 0 Å². The number of rotatable bonds is 0. The Labute approximate surface area is 43.2 Å². The van der Waals surface area contributed by atoms with E-state index in [1.807, 2.05) is 6.92 Å². The van der Waals surface area contributed by atoms with Crippen LogP contribution in [0.15, 0.2) is 12.2 Å². The molecule has 0 radical (unpaired) electrons. The van der Waals surface area contributed by atoms with Gasteiger partial charge in [0.15, 0.2) is 0 Å². The third-order valence-corrected chi connectivity index (χ3v) is 0. The van der Waals surface area contributed by atoms with Crippen molar-refractivity contribution in [3.05, 3.63) is 19.1 Å². The molecule has 0 aliphatic carbocycles. The molecule has 0 aliphatic rings. The second-order valence-electron chi connectivity index (χ2n) is 0.957.